The van der Waals surface area contributed by atoms with Crippen LogP contribution in [0, 0.1) is 6.92 Å². The predicted molar refractivity (Wildman–Crippen MR) is 142 cm³/mol. The highest BCUT2D eigenvalue weighted by Gasteiger charge is 2.25. The Labute approximate surface area is 220 Å². The number of aromatic nitrogens is 3. The SMILES string of the molecule is COC(=O)c1c(NC(=O)CSc2nnc(-c3ccc(Cl)cc3Cl)n2C)sc(C)c1-c1ccccc1. The van der Waals surface area contributed by atoms with Crippen molar-refractivity contribution in [2.75, 3.05) is 18.2 Å². The molecule has 11 heteroatoms. The molecule has 0 spiro atoms. The number of halogens is 2. The predicted octanol–water partition coefficient (Wildman–Crippen LogP) is 6.34. The van der Waals surface area contributed by atoms with E-state index < -0.39 is 5.97 Å². The Morgan fingerprint density at radius 1 is 1.14 bits per heavy atom. The molecule has 180 valence electrons. The molecule has 0 saturated carbocycles. The number of nitrogens with zero attached hydrogens (tertiary/aromatic N) is 3. The summed E-state index contributed by atoms with van der Waals surface area (Å²) >= 11 is 14.8. The molecule has 35 heavy (non-hydrogen) atoms. The van der Waals surface area contributed by atoms with Crippen LogP contribution in [0.15, 0.2) is 53.7 Å². The fraction of sp³-hybridized carbons (Fsp3) is 0.167. The van der Waals surface area contributed by atoms with Crippen LogP contribution in [-0.2, 0) is 16.6 Å². The highest BCUT2D eigenvalue weighted by atomic mass is 35.5. The maximum atomic E-state index is 12.8. The Hall–Kier alpha value is -2.85. The second kappa shape index (κ2) is 10.8. The van der Waals surface area contributed by atoms with Crippen LogP contribution in [0.5, 0.6) is 0 Å². The van der Waals surface area contributed by atoms with Crippen LogP contribution in [-0.4, -0.2) is 39.5 Å². The summed E-state index contributed by atoms with van der Waals surface area (Å²) in [6, 6.07) is 14.7. The van der Waals surface area contributed by atoms with E-state index in [0.717, 1.165) is 16.0 Å². The minimum Gasteiger partial charge on any atom is -0.465 e. The molecule has 0 aliphatic rings. The van der Waals surface area contributed by atoms with Gasteiger partial charge >= 0.3 is 5.97 Å². The molecule has 0 unspecified atom stereocenters. The van der Waals surface area contributed by atoms with Crippen LogP contribution in [0.3, 0.4) is 0 Å². The lowest BCUT2D eigenvalue weighted by Crippen LogP contribution is -2.16. The molecular formula is C24H20Cl2N4O3S2. The number of carbonyl (C=O) groups is 2. The molecule has 0 atom stereocenters. The number of carbonyl (C=O) groups excluding carboxylic acids is 2. The van der Waals surface area contributed by atoms with E-state index in [1.165, 1.54) is 30.2 Å². The molecule has 1 N–H and O–H groups in total. The van der Waals surface area contributed by atoms with Crippen molar-refractivity contribution in [3.05, 3.63) is 69.0 Å². The summed E-state index contributed by atoms with van der Waals surface area (Å²) in [7, 11) is 3.12. The number of hydrogen-bond acceptors (Lipinski definition) is 7. The molecule has 0 saturated heterocycles. The summed E-state index contributed by atoms with van der Waals surface area (Å²) in [4.78, 5) is 26.3. The van der Waals surface area contributed by atoms with Crippen molar-refractivity contribution in [1.82, 2.24) is 14.8 Å². The van der Waals surface area contributed by atoms with Gasteiger partial charge in [0.2, 0.25) is 5.91 Å². The second-order valence-corrected chi connectivity index (χ2v) is 10.4. The number of aryl methyl sites for hydroxylation is 1. The topological polar surface area (TPSA) is 86.1 Å². The Balaban J connectivity index is 1.52. The zero-order chi connectivity index (χ0) is 25.1. The van der Waals surface area contributed by atoms with E-state index in [-0.39, 0.29) is 11.7 Å². The molecule has 1 amide bonds. The van der Waals surface area contributed by atoms with Crippen LogP contribution in [0.1, 0.15) is 15.2 Å². The van der Waals surface area contributed by atoms with Gasteiger partial charge in [0.1, 0.15) is 10.6 Å². The molecule has 0 radical (unpaired) electrons. The quantitative estimate of drug-likeness (QED) is 0.215. The number of thioether (sulfide) groups is 1. The normalized spacial score (nSPS) is 10.9. The molecule has 0 aliphatic carbocycles. The summed E-state index contributed by atoms with van der Waals surface area (Å²) in [6.07, 6.45) is 0. The minimum atomic E-state index is -0.506. The lowest BCUT2D eigenvalue weighted by atomic mass is 10.0. The lowest BCUT2D eigenvalue weighted by molar-refractivity contribution is -0.113. The van der Waals surface area contributed by atoms with E-state index in [4.69, 9.17) is 27.9 Å². The molecule has 2 aromatic carbocycles. The van der Waals surface area contributed by atoms with Gasteiger partial charge in [0.25, 0.3) is 0 Å². The summed E-state index contributed by atoms with van der Waals surface area (Å²) in [6.45, 7) is 1.91. The van der Waals surface area contributed by atoms with E-state index >= 15 is 0 Å². The Kier molecular flexibility index (Phi) is 7.81. The number of nitrogens with one attached hydrogen (secondary N) is 1. The lowest BCUT2D eigenvalue weighted by Gasteiger charge is -2.08. The highest BCUT2D eigenvalue weighted by Crippen LogP contribution is 2.40. The van der Waals surface area contributed by atoms with E-state index in [1.54, 1.807) is 29.8 Å². The maximum absolute atomic E-state index is 12.8. The maximum Gasteiger partial charge on any atom is 0.341 e. The van der Waals surface area contributed by atoms with Gasteiger partial charge in [-0.25, -0.2) is 4.79 Å². The van der Waals surface area contributed by atoms with Crippen molar-refractivity contribution in [3.8, 4) is 22.5 Å². The van der Waals surface area contributed by atoms with Gasteiger partial charge in [-0.15, -0.1) is 21.5 Å². The van der Waals surface area contributed by atoms with Crippen molar-refractivity contribution in [2.24, 2.45) is 7.05 Å². The van der Waals surface area contributed by atoms with Crippen LogP contribution in [0.25, 0.3) is 22.5 Å². The number of hydrogen-bond donors (Lipinski definition) is 1. The standard InChI is InChI=1S/C24H20Cl2N4O3S2/c1-13-19(14-7-5-4-6-8-14)20(23(32)33-3)22(35-13)27-18(31)12-34-24-29-28-21(30(24)2)16-10-9-15(25)11-17(16)26/h4-11H,12H2,1-3H3,(H,27,31). The summed E-state index contributed by atoms with van der Waals surface area (Å²) in [5, 5.41) is 13.2. The first-order valence-electron chi connectivity index (χ1n) is 10.3. The van der Waals surface area contributed by atoms with E-state index in [0.29, 0.717) is 37.2 Å². The number of ether oxygens (including phenoxy) is 1. The van der Waals surface area contributed by atoms with Crippen molar-refractivity contribution < 1.29 is 14.3 Å². The van der Waals surface area contributed by atoms with Crippen LogP contribution >= 0.6 is 46.3 Å². The largest absolute Gasteiger partial charge is 0.465 e. The van der Waals surface area contributed by atoms with Crippen molar-refractivity contribution >= 4 is 63.2 Å². The number of amides is 1. The minimum absolute atomic E-state index is 0.0680. The van der Waals surface area contributed by atoms with Crippen LogP contribution < -0.4 is 5.32 Å². The van der Waals surface area contributed by atoms with E-state index in [2.05, 4.69) is 15.5 Å². The number of anilines is 1. The van der Waals surface area contributed by atoms with Crippen molar-refractivity contribution in [1.29, 1.82) is 0 Å². The van der Waals surface area contributed by atoms with Gasteiger partial charge in [-0.05, 0) is 30.7 Å². The third-order valence-electron chi connectivity index (χ3n) is 5.13. The summed E-state index contributed by atoms with van der Waals surface area (Å²) in [5.41, 5.74) is 2.66. The fourth-order valence-corrected chi connectivity index (χ4v) is 5.81. The summed E-state index contributed by atoms with van der Waals surface area (Å²) < 4.78 is 6.77. The van der Waals surface area contributed by atoms with Crippen LogP contribution in [0.2, 0.25) is 10.0 Å². The Bertz CT molecular complexity index is 1400. The smallest absolute Gasteiger partial charge is 0.341 e. The highest BCUT2D eigenvalue weighted by molar-refractivity contribution is 7.99. The number of benzene rings is 2. The van der Waals surface area contributed by atoms with Gasteiger partial charge < -0.3 is 14.6 Å². The first-order valence-corrected chi connectivity index (χ1v) is 12.9. The molecule has 0 aliphatic heterocycles. The average molecular weight is 547 g/mol. The first-order chi connectivity index (χ1) is 16.8. The fourth-order valence-electron chi connectivity index (χ4n) is 3.52. The molecule has 2 aromatic heterocycles. The molecule has 7 nitrogen and oxygen atoms in total. The zero-order valence-corrected chi connectivity index (χ0v) is 22.1. The van der Waals surface area contributed by atoms with Crippen molar-refractivity contribution in [3.63, 3.8) is 0 Å². The van der Waals surface area contributed by atoms with Gasteiger partial charge in [-0.3, -0.25) is 4.79 Å². The van der Waals surface area contributed by atoms with Gasteiger partial charge in [0.15, 0.2) is 11.0 Å². The van der Waals surface area contributed by atoms with Gasteiger partial charge in [-0.1, -0.05) is 65.3 Å². The van der Waals surface area contributed by atoms with Gasteiger partial charge in [-0.2, -0.15) is 0 Å². The monoisotopic (exact) mass is 546 g/mol. The van der Waals surface area contributed by atoms with E-state index in [9.17, 15) is 9.59 Å². The van der Waals surface area contributed by atoms with Gasteiger partial charge in [0, 0.05) is 28.1 Å². The molecule has 0 fully saturated rings. The molecule has 4 aromatic rings. The van der Waals surface area contributed by atoms with Crippen LogP contribution in [0.4, 0.5) is 5.00 Å². The number of esters is 1. The second-order valence-electron chi connectivity index (χ2n) is 7.42. The van der Waals surface area contributed by atoms with Gasteiger partial charge in [0.05, 0.1) is 17.9 Å². The third-order valence-corrected chi connectivity index (χ3v) is 7.72. The van der Waals surface area contributed by atoms with Crippen molar-refractivity contribution in [2.45, 2.75) is 12.1 Å². The van der Waals surface area contributed by atoms with E-state index in [1.807, 2.05) is 37.3 Å². The zero-order valence-electron chi connectivity index (χ0n) is 19.0. The molecule has 4 rings (SSSR count). The number of thiophene rings is 1. The third kappa shape index (κ3) is 5.38. The average Bonchev–Trinajstić information content (AvgIpc) is 3.36. The number of methoxy groups -OCH3 is 1. The Morgan fingerprint density at radius 2 is 1.89 bits per heavy atom. The first kappa shape index (κ1) is 25.2. The molecular weight excluding hydrogens is 527 g/mol. The Morgan fingerprint density at radius 3 is 2.57 bits per heavy atom. The molecule has 0 bridgehead atoms. The summed E-state index contributed by atoms with van der Waals surface area (Å²) in [5.74, 6) is -0.161. The molecule has 2 heterocycles. The number of rotatable bonds is 7.